The quantitative estimate of drug-likeness (QED) is 0.455. The first-order valence-corrected chi connectivity index (χ1v) is 11.8. The Morgan fingerprint density at radius 1 is 1.15 bits per heavy atom. The third kappa shape index (κ3) is 3.64. The Kier molecular flexibility index (Phi) is 6.02. The summed E-state index contributed by atoms with van der Waals surface area (Å²) in [6, 6.07) is 0. The van der Waals surface area contributed by atoms with Crippen molar-refractivity contribution in [3.05, 3.63) is 34.3 Å². The van der Waals surface area contributed by atoms with Gasteiger partial charge in [-0.25, -0.2) is 4.79 Å². The van der Waals surface area contributed by atoms with E-state index < -0.39 is 23.3 Å². The van der Waals surface area contributed by atoms with Crippen LogP contribution in [0.1, 0.15) is 60.8 Å². The zero-order valence-electron chi connectivity index (χ0n) is 20.9. The topological polar surface area (TPSA) is 80.3 Å². The SMILES string of the molecule is COC1=C(C(C)C)[C@H]2C/C=C(/C)[C@H]3O[C@@](C)(OC)[C@H]4C(=O)O/C(=C(\C)CC[C@]2(C)OC1=O)[C@@H]34. The molecule has 2 saturated heterocycles. The minimum Gasteiger partial charge on any atom is -0.490 e. The Morgan fingerprint density at radius 2 is 1.85 bits per heavy atom. The van der Waals surface area contributed by atoms with Gasteiger partial charge in [0, 0.05) is 13.0 Å². The summed E-state index contributed by atoms with van der Waals surface area (Å²) < 4.78 is 29.4. The number of fused-ring (bicyclic) bond motifs is 1. The number of ether oxygens (including phenoxy) is 5. The molecule has 0 unspecified atom stereocenters. The van der Waals surface area contributed by atoms with Crippen LogP contribution < -0.4 is 0 Å². The lowest BCUT2D eigenvalue weighted by molar-refractivity contribution is -0.217. The molecule has 6 atom stereocenters. The van der Waals surface area contributed by atoms with Crippen molar-refractivity contribution in [2.45, 2.75) is 78.3 Å². The van der Waals surface area contributed by atoms with Crippen LogP contribution in [0.15, 0.2) is 34.3 Å². The number of hydrogen-bond acceptors (Lipinski definition) is 7. The molecule has 3 heterocycles. The molecule has 4 rings (SSSR count). The average Bonchev–Trinajstić information content (AvgIpc) is 3.26. The van der Waals surface area contributed by atoms with Crippen molar-refractivity contribution in [1.29, 1.82) is 0 Å². The number of carbonyl (C=O) groups is 2. The third-order valence-electron chi connectivity index (χ3n) is 8.04. The molecule has 0 spiro atoms. The first kappa shape index (κ1) is 24.0. The van der Waals surface area contributed by atoms with Gasteiger partial charge in [0.2, 0.25) is 5.76 Å². The highest BCUT2D eigenvalue weighted by molar-refractivity contribution is 5.89. The number of rotatable bonds is 3. The van der Waals surface area contributed by atoms with Crippen LogP contribution in [0.2, 0.25) is 0 Å². The first-order chi connectivity index (χ1) is 15.5. The number of methoxy groups -OCH3 is 2. The van der Waals surface area contributed by atoms with E-state index >= 15 is 0 Å². The molecule has 33 heavy (non-hydrogen) atoms. The predicted octanol–water partition coefficient (Wildman–Crippen LogP) is 4.43. The molecule has 0 aromatic heterocycles. The highest BCUT2D eigenvalue weighted by Crippen LogP contribution is 2.54. The van der Waals surface area contributed by atoms with E-state index in [0.29, 0.717) is 30.8 Å². The summed E-state index contributed by atoms with van der Waals surface area (Å²) >= 11 is 0. The molecule has 7 nitrogen and oxygen atoms in total. The summed E-state index contributed by atoms with van der Waals surface area (Å²) in [7, 11) is 3.09. The van der Waals surface area contributed by atoms with E-state index in [-0.39, 0.29) is 29.8 Å². The molecule has 0 aromatic carbocycles. The first-order valence-electron chi connectivity index (χ1n) is 11.8. The molecular weight excluding hydrogens is 424 g/mol. The van der Waals surface area contributed by atoms with Crippen molar-refractivity contribution in [3.63, 3.8) is 0 Å². The lowest BCUT2D eigenvalue weighted by atomic mass is 9.72. The van der Waals surface area contributed by atoms with E-state index in [2.05, 4.69) is 19.9 Å². The molecule has 1 aliphatic carbocycles. The van der Waals surface area contributed by atoms with Crippen LogP contribution in [0, 0.1) is 23.7 Å². The maximum absolute atomic E-state index is 12.9. The van der Waals surface area contributed by atoms with Crippen LogP contribution >= 0.6 is 0 Å². The standard InChI is InChI=1S/C26H36O7/c1-13(2)17-16-10-9-14(3)21-18-19(26(6,30-8)32-21)23(27)31-20(18)15(4)11-12-25(16,5)33-24(28)22(17)29-7/h9,13,16,18-19,21H,10-12H2,1-8H3/b14-9-,20-15+/t16-,18+,19-,21-,25+,26-/m1/s1. The summed E-state index contributed by atoms with van der Waals surface area (Å²) in [5, 5.41) is 0. The van der Waals surface area contributed by atoms with Crippen molar-refractivity contribution >= 4 is 11.9 Å². The highest BCUT2D eigenvalue weighted by Gasteiger charge is 2.63. The summed E-state index contributed by atoms with van der Waals surface area (Å²) in [5.41, 5.74) is 2.27. The molecule has 0 bridgehead atoms. The van der Waals surface area contributed by atoms with Crippen LogP contribution in [-0.2, 0) is 33.3 Å². The molecule has 0 N–H and O–H groups in total. The maximum Gasteiger partial charge on any atom is 0.374 e. The van der Waals surface area contributed by atoms with Gasteiger partial charge in [-0.15, -0.1) is 0 Å². The van der Waals surface area contributed by atoms with E-state index in [9.17, 15) is 9.59 Å². The fraction of sp³-hybridized carbons (Fsp3) is 0.692. The van der Waals surface area contributed by atoms with E-state index in [1.807, 2.05) is 27.7 Å². The second-order valence-electron chi connectivity index (χ2n) is 10.4. The van der Waals surface area contributed by atoms with Gasteiger partial charge in [0.05, 0.1) is 19.1 Å². The van der Waals surface area contributed by atoms with Gasteiger partial charge in [0.15, 0.2) is 5.79 Å². The molecule has 7 heteroatoms. The lowest BCUT2D eigenvalue weighted by Crippen LogP contribution is -2.46. The van der Waals surface area contributed by atoms with Crippen LogP contribution in [-0.4, -0.2) is 43.7 Å². The van der Waals surface area contributed by atoms with Gasteiger partial charge in [0.25, 0.3) is 0 Å². The number of carbonyl (C=O) groups excluding carboxylic acids is 2. The normalized spacial score (nSPS) is 42.8. The summed E-state index contributed by atoms with van der Waals surface area (Å²) in [6.07, 6.45) is 3.73. The Balaban J connectivity index is 1.84. The molecule has 4 aliphatic rings. The minimum atomic E-state index is -1.05. The van der Waals surface area contributed by atoms with Gasteiger partial charge in [0.1, 0.15) is 17.3 Å². The van der Waals surface area contributed by atoms with Crippen LogP contribution in [0.25, 0.3) is 0 Å². The summed E-state index contributed by atoms with van der Waals surface area (Å²) in [5.74, 6) is -1.45. The smallest absolute Gasteiger partial charge is 0.374 e. The molecule has 182 valence electrons. The third-order valence-corrected chi connectivity index (χ3v) is 8.04. The maximum atomic E-state index is 12.9. The van der Waals surface area contributed by atoms with Gasteiger partial charge in [-0.05, 0) is 69.6 Å². The van der Waals surface area contributed by atoms with Gasteiger partial charge < -0.3 is 23.7 Å². The van der Waals surface area contributed by atoms with Crippen molar-refractivity contribution in [3.8, 4) is 0 Å². The number of esters is 2. The van der Waals surface area contributed by atoms with Crippen LogP contribution in [0.5, 0.6) is 0 Å². The fourth-order valence-electron chi connectivity index (χ4n) is 6.09. The molecule has 0 saturated carbocycles. The largest absolute Gasteiger partial charge is 0.490 e. The molecule has 3 aliphatic heterocycles. The van der Waals surface area contributed by atoms with Crippen molar-refractivity contribution in [1.82, 2.24) is 0 Å². The Bertz CT molecular complexity index is 958. The summed E-state index contributed by atoms with van der Waals surface area (Å²) in [6.45, 7) is 12.0. The second kappa shape index (κ2) is 8.27. The lowest BCUT2D eigenvalue weighted by Gasteiger charge is -2.43. The summed E-state index contributed by atoms with van der Waals surface area (Å²) in [4.78, 5) is 25.7. The molecule has 0 aromatic rings. The van der Waals surface area contributed by atoms with Crippen molar-refractivity contribution < 1.29 is 33.3 Å². The van der Waals surface area contributed by atoms with Gasteiger partial charge >= 0.3 is 11.9 Å². The Hall–Kier alpha value is -2.12. The van der Waals surface area contributed by atoms with E-state index in [0.717, 1.165) is 16.7 Å². The Labute approximate surface area is 196 Å². The predicted molar refractivity (Wildman–Crippen MR) is 121 cm³/mol. The average molecular weight is 461 g/mol. The molecule has 2 fully saturated rings. The van der Waals surface area contributed by atoms with E-state index in [4.69, 9.17) is 23.7 Å². The zero-order chi connectivity index (χ0) is 24.3. The van der Waals surface area contributed by atoms with Crippen molar-refractivity contribution in [2.75, 3.05) is 14.2 Å². The van der Waals surface area contributed by atoms with E-state index in [1.165, 1.54) is 7.11 Å². The zero-order valence-corrected chi connectivity index (χ0v) is 20.9. The molecule has 0 amide bonds. The van der Waals surface area contributed by atoms with E-state index in [1.54, 1.807) is 7.11 Å². The monoisotopic (exact) mass is 460 g/mol. The van der Waals surface area contributed by atoms with Crippen LogP contribution in [0.3, 0.4) is 0 Å². The van der Waals surface area contributed by atoms with Gasteiger partial charge in [-0.3, -0.25) is 4.79 Å². The van der Waals surface area contributed by atoms with Crippen LogP contribution in [0.4, 0.5) is 0 Å². The van der Waals surface area contributed by atoms with Crippen molar-refractivity contribution in [2.24, 2.45) is 23.7 Å². The minimum absolute atomic E-state index is 0.0376. The highest BCUT2D eigenvalue weighted by atomic mass is 16.7. The van der Waals surface area contributed by atoms with Gasteiger partial charge in [-0.1, -0.05) is 19.9 Å². The molecule has 0 radical (unpaired) electrons. The Morgan fingerprint density at radius 3 is 2.45 bits per heavy atom. The number of allylic oxidation sites excluding steroid dienone is 2. The fourth-order valence-corrected chi connectivity index (χ4v) is 6.09. The number of hydrogen-bond donors (Lipinski definition) is 0. The second-order valence-corrected chi connectivity index (χ2v) is 10.4. The van der Waals surface area contributed by atoms with Gasteiger partial charge in [-0.2, -0.15) is 0 Å². The molecular formula is C26H36O7.